The minimum atomic E-state index is -4.48. The van der Waals surface area contributed by atoms with Gasteiger partial charge in [-0.25, -0.2) is 9.97 Å². The third-order valence-electron chi connectivity index (χ3n) is 5.53. The van der Waals surface area contributed by atoms with E-state index in [1.807, 2.05) is 28.0 Å². The molecule has 2 aliphatic rings. The molecule has 4 rings (SSSR count). The van der Waals surface area contributed by atoms with Crippen molar-refractivity contribution < 1.29 is 18.0 Å². The normalized spacial score (nSPS) is 17.7. The average molecular weight is 390 g/mol. The Morgan fingerprint density at radius 2 is 1.86 bits per heavy atom. The van der Waals surface area contributed by atoms with Gasteiger partial charge in [0.15, 0.2) is 0 Å². The Hall–Kier alpha value is -2.64. The molecule has 0 unspecified atom stereocenters. The number of rotatable bonds is 3. The van der Waals surface area contributed by atoms with Gasteiger partial charge in [-0.3, -0.25) is 4.79 Å². The van der Waals surface area contributed by atoms with Crippen molar-refractivity contribution in [1.82, 2.24) is 9.97 Å². The molecule has 0 atom stereocenters. The number of nitrogens with zero attached hydrogens (tertiary/aromatic N) is 4. The van der Waals surface area contributed by atoms with E-state index in [0.29, 0.717) is 25.3 Å². The first kappa shape index (κ1) is 18.7. The predicted molar refractivity (Wildman–Crippen MR) is 99.1 cm³/mol. The Balaban J connectivity index is 1.34. The summed E-state index contributed by atoms with van der Waals surface area (Å²) in [5.41, 5.74) is 1.28. The van der Waals surface area contributed by atoms with Crippen LogP contribution >= 0.6 is 0 Å². The smallest absolute Gasteiger partial charge is 0.356 e. The summed E-state index contributed by atoms with van der Waals surface area (Å²) in [4.78, 5) is 23.7. The second-order valence-electron chi connectivity index (χ2n) is 7.32. The molecule has 28 heavy (non-hydrogen) atoms. The molecule has 148 valence electrons. The lowest BCUT2D eigenvalue weighted by molar-refractivity contribution is -0.141. The zero-order valence-electron chi connectivity index (χ0n) is 15.3. The SMILES string of the molecule is O=C(CC1CCN(c2cc(C(F)(F)F)ncn2)CC1)N1CCc2ccccc21. The fraction of sp³-hybridized carbons (Fsp3) is 0.450. The van der Waals surface area contributed by atoms with E-state index in [1.165, 1.54) is 5.56 Å². The number of benzene rings is 1. The van der Waals surface area contributed by atoms with Crippen molar-refractivity contribution in [3.63, 3.8) is 0 Å². The van der Waals surface area contributed by atoms with Crippen LogP contribution in [0.25, 0.3) is 0 Å². The van der Waals surface area contributed by atoms with Gasteiger partial charge in [0.1, 0.15) is 17.8 Å². The highest BCUT2D eigenvalue weighted by atomic mass is 19.4. The summed E-state index contributed by atoms with van der Waals surface area (Å²) in [6.07, 6.45) is -0.651. The second kappa shape index (κ2) is 7.41. The third kappa shape index (κ3) is 3.81. The quantitative estimate of drug-likeness (QED) is 0.802. The molecule has 2 aromatic rings. The molecule has 8 heteroatoms. The lowest BCUT2D eigenvalue weighted by atomic mass is 9.93. The maximum atomic E-state index is 12.8. The summed E-state index contributed by atoms with van der Waals surface area (Å²) in [5.74, 6) is 0.658. The zero-order chi connectivity index (χ0) is 19.7. The number of alkyl halides is 3. The summed E-state index contributed by atoms with van der Waals surface area (Å²) in [6, 6.07) is 8.96. The Labute approximate surface area is 161 Å². The van der Waals surface area contributed by atoms with Crippen LogP contribution in [-0.2, 0) is 17.4 Å². The Morgan fingerprint density at radius 1 is 1.11 bits per heavy atom. The molecule has 3 heterocycles. The van der Waals surface area contributed by atoms with Gasteiger partial charge in [0, 0.05) is 37.8 Å². The number of carbonyl (C=O) groups excluding carboxylic acids is 1. The van der Waals surface area contributed by atoms with Crippen molar-refractivity contribution in [1.29, 1.82) is 0 Å². The maximum absolute atomic E-state index is 12.8. The minimum Gasteiger partial charge on any atom is -0.356 e. The van der Waals surface area contributed by atoms with E-state index in [-0.39, 0.29) is 11.8 Å². The molecule has 0 radical (unpaired) electrons. The topological polar surface area (TPSA) is 49.3 Å². The van der Waals surface area contributed by atoms with Gasteiger partial charge < -0.3 is 9.80 Å². The van der Waals surface area contributed by atoms with Crippen LogP contribution in [0.15, 0.2) is 36.7 Å². The Kier molecular flexibility index (Phi) is 4.95. The monoisotopic (exact) mass is 390 g/mol. The largest absolute Gasteiger partial charge is 0.433 e. The van der Waals surface area contributed by atoms with Crippen LogP contribution in [0.2, 0.25) is 0 Å². The van der Waals surface area contributed by atoms with E-state index in [2.05, 4.69) is 16.0 Å². The molecule has 1 aromatic heterocycles. The minimum absolute atomic E-state index is 0.129. The highest BCUT2D eigenvalue weighted by Gasteiger charge is 2.34. The van der Waals surface area contributed by atoms with E-state index in [0.717, 1.165) is 43.9 Å². The van der Waals surface area contributed by atoms with E-state index in [9.17, 15) is 18.0 Å². The molecular formula is C20H21F3N4O. The van der Waals surface area contributed by atoms with Gasteiger partial charge in [-0.2, -0.15) is 13.2 Å². The predicted octanol–water partition coefficient (Wildman–Crippen LogP) is 3.69. The van der Waals surface area contributed by atoms with E-state index in [1.54, 1.807) is 0 Å². The number of aromatic nitrogens is 2. The van der Waals surface area contributed by atoms with Crippen LogP contribution in [0, 0.1) is 5.92 Å². The second-order valence-corrected chi connectivity index (χ2v) is 7.32. The summed E-state index contributed by atoms with van der Waals surface area (Å²) >= 11 is 0. The molecule has 1 fully saturated rings. The average Bonchev–Trinajstić information content (AvgIpc) is 3.12. The number of fused-ring (bicyclic) bond motifs is 1. The summed E-state index contributed by atoms with van der Waals surface area (Å²) in [7, 11) is 0. The highest BCUT2D eigenvalue weighted by molar-refractivity contribution is 5.95. The lowest BCUT2D eigenvalue weighted by Crippen LogP contribution is -2.37. The third-order valence-corrected chi connectivity index (χ3v) is 5.53. The van der Waals surface area contributed by atoms with Gasteiger partial charge in [0.2, 0.25) is 5.91 Å². The van der Waals surface area contributed by atoms with Crippen LogP contribution in [0.4, 0.5) is 24.7 Å². The van der Waals surface area contributed by atoms with Gasteiger partial charge in [-0.15, -0.1) is 0 Å². The summed E-state index contributed by atoms with van der Waals surface area (Å²) in [6.45, 7) is 1.89. The van der Waals surface area contributed by atoms with Crippen molar-refractivity contribution in [2.75, 3.05) is 29.4 Å². The van der Waals surface area contributed by atoms with Crippen molar-refractivity contribution in [2.45, 2.75) is 31.9 Å². The molecular weight excluding hydrogens is 369 g/mol. The molecule has 1 aromatic carbocycles. The van der Waals surface area contributed by atoms with Gasteiger partial charge >= 0.3 is 6.18 Å². The van der Waals surface area contributed by atoms with Gasteiger partial charge in [0.05, 0.1) is 0 Å². The molecule has 0 bridgehead atoms. The lowest BCUT2D eigenvalue weighted by Gasteiger charge is -2.33. The van der Waals surface area contributed by atoms with Gasteiger partial charge in [0.25, 0.3) is 0 Å². The van der Waals surface area contributed by atoms with E-state index < -0.39 is 11.9 Å². The van der Waals surface area contributed by atoms with Gasteiger partial charge in [-0.1, -0.05) is 18.2 Å². The maximum Gasteiger partial charge on any atom is 0.433 e. The molecule has 0 aliphatic carbocycles. The standard InChI is InChI=1S/C20H21F3N4O/c21-20(22,23)17-12-18(25-13-24-17)26-8-5-14(6-9-26)11-19(28)27-10-7-15-3-1-2-4-16(15)27/h1-4,12-14H,5-11H2. The van der Waals surface area contributed by atoms with Crippen LogP contribution in [-0.4, -0.2) is 35.5 Å². The van der Waals surface area contributed by atoms with Crippen molar-refractivity contribution in [3.8, 4) is 0 Å². The Morgan fingerprint density at radius 3 is 2.61 bits per heavy atom. The number of amides is 1. The number of para-hydroxylation sites is 1. The number of hydrogen-bond donors (Lipinski definition) is 0. The van der Waals surface area contributed by atoms with Crippen LogP contribution in [0.5, 0.6) is 0 Å². The van der Waals surface area contributed by atoms with Gasteiger partial charge in [-0.05, 0) is 36.8 Å². The number of anilines is 2. The molecule has 2 aliphatic heterocycles. The van der Waals surface area contributed by atoms with Crippen molar-refractivity contribution >= 4 is 17.4 Å². The van der Waals surface area contributed by atoms with E-state index >= 15 is 0 Å². The number of halogens is 3. The van der Waals surface area contributed by atoms with Crippen molar-refractivity contribution in [2.24, 2.45) is 5.92 Å². The first-order valence-electron chi connectivity index (χ1n) is 9.44. The summed E-state index contributed by atoms with van der Waals surface area (Å²) < 4.78 is 38.5. The summed E-state index contributed by atoms with van der Waals surface area (Å²) in [5, 5.41) is 0. The molecule has 0 N–H and O–H groups in total. The first-order chi connectivity index (χ1) is 13.4. The number of piperidine rings is 1. The molecule has 5 nitrogen and oxygen atoms in total. The number of carbonyl (C=O) groups is 1. The van der Waals surface area contributed by atoms with Crippen LogP contribution in [0.3, 0.4) is 0 Å². The Bertz CT molecular complexity index is 863. The molecule has 1 saturated heterocycles. The highest BCUT2D eigenvalue weighted by Crippen LogP contribution is 2.32. The van der Waals surface area contributed by atoms with E-state index in [4.69, 9.17) is 0 Å². The van der Waals surface area contributed by atoms with Crippen LogP contribution < -0.4 is 9.80 Å². The fourth-order valence-electron chi connectivity index (χ4n) is 4.00. The fourth-order valence-corrected chi connectivity index (χ4v) is 4.00. The molecule has 0 saturated carbocycles. The molecule has 0 spiro atoms. The first-order valence-corrected chi connectivity index (χ1v) is 9.44. The molecule has 1 amide bonds. The van der Waals surface area contributed by atoms with Crippen LogP contribution in [0.1, 0.15) is 30.5 Å². The van der Waals surface area contributed by atoms with Crippen molar-refractivity contribution in [3.05, 3.63) is 47.9 Å². The number of hydrogen-bond acceptors (Lipinski definition) is 4. The zero-order valence-corrected chi connectivity index (χ0v) is 15.3.